The molecule has 1 aliphatic rings. The van der Waals surface area contributed by atoms with Gasteiger partial charge in [0.1, 0.15) is 6.54 Å². The number of ether oxygens (including phenoxy) is 2. The third kappa shape index (κ3) is 3.97. The molecular weight excluding hydrogens is 452 g/mol. The number of nitrogens with zero attached hydrogens (tertiary/aromatic N) is 5. The number of hydrogen-bond acceptors (Lipinski definition) is 7. The van der Waals surface area contributed by atoms with Crippen molar-refractivity contribution in [2.45, 2.75) is 6.54 Å². The van der Waals surface area contributed by atoms with Crippen molar-refractivity contribution in [1.82, 2.24) is 25.6 Å². The highest BCUT2D eigenvalue weighted by molar-refractivity contribution is 9.10. The molecule has 1 amide bonds. The molecule has 142 valence electrons. The Labute approximate surface area is 172 Å². The number of amides is 1. The number of tetrazole rings is 1. The van der Waals surface area contributed by atoms with Crippen LogP contribution in [0.5, 0.6) is 11.5 Å². The first-order valence-electron chi connectivity index (χ1n) is 8.04. The maximum absolute atomic E-state index is 12.1. The summed E-state index contributed by atoms with van der Waals surface area (Å²) in [5.74, 6) is 1.21. The van der Waals surface area contributed by atoms with Crippen LogP contribution in [-0.2, 0) is 11.3 Å². The second kappa shape index (κ2) is 7.95. The van der Waals surface area contributed by atoms with E-state index in [0.29, 0.717) is 27.9 Å². The average Bonchev–Trinajstić information content (AvgIpc) is 3.31. The van der Waals surface area contributed by atoms with Gasteiger partial charge in [-0.2, -0.15) is 9.90 Å². The van der Waals surface area contributed by atoms with Crippen molar-refractivity contribution >= 4 is 39.7 Å². The minimum Gasteiger partial charge on any atom is -0.454 e. The first-order chi connectivity index (χ1) is 13.6. The van der Waals surface area contributed by atoms with Crippen molar-refractivity contribution < 1.29 is 14.3 Å². The molecule has 2 heterocycles. The van der Waals surface area contributed by atoms with Gasteiger partial charge in [0, 0.05) is 15.6 Å². The molecule has 0 fully saturated rings. The van der Waals surface area contributed by atoms with Crippen LogP contribution in [0.2, 0.25) is 5.02 Å². The number of benzene rings is 2. The Morgan fingerprint density at radius 2 is 2.11 bits per heavy atom. The number of halogens is 2. The number of aromatic nitrogens is 4. The number of fused-ring (bicyclic) bond motifs is 1. The number of hydrazone groups is 1. The lowest BCUT2D eigenvalue weighted by Crippen LogP contribution is -2.24. The van der Waals surface area contributed by atoms with Crippen LogP contribution in [0.15, 0.2) is 46.0 Å². The van der Waals surface area contributed by atoms with Crippen LogP contribution in [-0.4, -0.2) is 39.1 Å². The number of carbonyl (C=O) groups excluding carboxylic acids is 1. The predicted octanol–water partition coefficient (Wildman–Crippen LogP) is 2.64. The van der Waals surface area contributed by atoms with Crippen LogP contribution in [0.4, 0.5) is 0 Å². The monoisotopic (exact) mass is 462 g/mol. The van der Waals surface area contributed by atoms with Crippen LogP contribution < -0.4 is 14.9 Å². The fourth-order valence-corrected chi connectivity index (χ4v) is 3.08. The summed E-state index contributed by atoms with van der Waals surface area (Å²) in [5, 5.41) is 16.4. The summed E-state index contributed by atoms with van der Waals surface area (Å²) in [6.45, 7) is 0.0390. The molecule has 1 N–H and O–H groups in total. The van der Waals surface area contributed by atoms with Gasteiger partial charge < -0.3 is 9.47 Å². The maximum Gasteiger partial charge on any atom is 0.263 e. The second-order valence-corrected chi connectivity index (χ2v) is 6.90. The summed E-state index contributed by atoms with van der Waals surface area (Å²) in [6, 6.07) is 10.7. The molecule has 0 spiro atoms. The van der Waals surface area contributed by atoms with E-state index in [0.717, 1.165) is 10.0 Å². The van der Waals surface area contributed by atoms with Gasteiger partial charge in [0.2, 0.25) is 12.6 Å². The molecule has 3 aromatic rings. The maximum atomic E-state index is 12.1. The van der Waals surface area contributed by atoms with Crippen molar-refractivity contribution in [3.05, 3.63) is 51.5 Å². The van der Waals surface area contributed by atoms with Crippen LogP contribution >= 0.6 is 27.5 Å². The SMILES string of the molecule is O=C(Cn1nnc(-c2ccccc2Cl)n1)N/N=C/c1cc2c(cc1Br)OCO2. The van der Waals surface area contributed by atoms with E-state index in [9.17, 15) is 4.79 Å². The first kappa shape index (κ1) is 18.4. The molecule has 0 unspecified atom stereocenters. The Morgan fingerprint density at radius 1 is 1.32 bits per heavy atom. The number of hydrogen-bond donors (Lipinski definition) is 1. The summed E-state index contributed by atoms with van der Waals surface area (Å²) >= 11 is 9.53. The molecule has 9 nitrogen and oxygen atoms in total. The number of rotatable bonds is 5. The van der Waals surface area contributed by atoms with Crippen LogP contribution in [0.25, 0.3) is 11.4 Å². The Kier molecular flexibility index (Phi) is 5.22. The van der Waals surface area contributed by atoms with Crippen molar-refractivity contribution in [2.24, 2.45) is 5.10 Å². The third-order valence-corrected chi connectivity index (χ3v) is 4.75. The number of nitrogens with one attached hydrogen (secondary N) is 1. The molecule has 0 aliphatic carbocycles. The zero-order valence-corrected chi connectivity index (χ0v) is 16.5. The molecule has 2 aromatic carbocycles. The third-order valence-electron chi connectivity index (χ3n) is 3.74. The molecule has 0 saturated heterocycles. The van der Waals surface area contributed by atoms with Gasteiger partial charge in [-0.15, -0.1) is 10.2 Å². The summed E-state index contributed by atoms with van der Waals surface area (Å²) in [6.07, 6.45) is 1.49. The van der Waals surface area contributed by atoms with Gasteiger partial charge in [-0.1, -0.05) is 23.7 Å². The molecule has 0 radical (unpaired) electrons. The largest absolute Gasteiger partial charge is 0.454 e. The normalized spacial score (nSPS) is 12.5. The van der Waals surface area contributed by atoms with Gasteiger partial charge in [0.05, 0.1) is 11.2 Å². The molecular formula is C17H12BrClN6O3. The Bertz CT molecular complexity index is 1070. The highest BCUT2D eigenvalue weighted by Crippen LogP contribution is 2.36. The molecule has 0 saturated carbocycles. The quantitative estimate of drug-likeness (QED) is 0.461. The predicted molar refractivity (Wildman–Crippen MR) is 104 cm³/mol. The Balaban J connectivity index is 1.38. The Hall–Kier alpha value is -2.98. The molecule has 4 rings (SSSR count). The minimum absolute atomic E-state index is 0.142. The summed E-state index contributed by atoms with van der Waals surface area (Å²) in [7, 11) is 0. The van der Waals surface area contributed by atoms with Gasteiger partial charge in [0.25, 0.3) is 5.91 Å². The van der Waals surface area contributed by atoms with Crippen molar-refractivity contribution in [3.8, 4) is 22.9 Å². The van der Waals surface area contributed by atoms with E-state index in [1.54, 1.807) is 30.3 Å². The second-order valence-electron chi connectivity index (χ2n) is 5.64. The van der Waals surface area contributed by atoms with E-state index in [4.69, 9.17) is 21.1 Å². The molecule has 1 aliphatic heterocycles. The van der Waals surface area contributed by atoms with Gasteiger partial charge >= 0.3 is 0 Å². The van der Waals surface area contributed by atoms with Crippen LogP contribution in [0, 0.1) is 0 Å². The molecule has 0 bridgehead atoms. The Morgan fingerprint density at radius 3 is 2.93 bits per heavy atom. The van der Waals surface area contributed by atoms with Crippen molar-refractivity contribution in [3.63, 3.8) is 0 Å². The highest BCUT2D eigenvalue weighted by Gasteiger charge is 2.15. The van der Waals surface area contributed by atoms with Crippen molar-refractivity contribution in [1.29, 1.82) is 0 Å². The standard InChI is InChI=1S/C17H12BrClN6O3/c18-12-6-15-14(27-9-28-15)5-10(12)7-20-21-16(26)8-25-23-17(22-24-25)11-3-1-2-4-13(11)19/h1-7H,8-9H2,(H,21,26)/b20-7+. The zero-order valence-electron chi connectivity index (χ0n) is 14.2. The lowest BCUT2D eigenvalue weighted by atomic mass is 10.2. The van der Waals surface area contributed by atoms with E-state index < -0.39 is 5.91 Å². The molecule has 1 aromatic heterocycles. The van der Waals surface area contributed by atoms with Gasteiger partial charge in [-0.25, -0.2) is 5.43 Å². The fraction of sp³-hybridized carbons (Fsp3) is 0.118. The van der Waals surface area contributed by atoms with E-state index in [1.165, 1.54) is 11.0 Å². The molecule has 11 heteroatoms. The molecule has 28 heavy (non-hydrogen) atoms. The summed E-state index contributed by atoms with van der Waals surface area (Å²) in [4.78, 5) is 13.2. The topological polar surface area (TPSA) is 104 Å². The van der Waals surface area contributed by atoms with E-state index >= 15 is 0 Å². The van der Waals surface area contributed by atoms with Gasteiger partial charge in [-0.3, -0.25) is 4.79 Å². The fourth-order valence-electron chi connectivity index (χ4n) is 2.43. The highest BCUT2D eigenvalue weighted by atomic mass is 79.9. The smallest absolute Gasteiger partial charge is 0.263 e. The van der Waals surface area contributed by atoms with Crippen LogP contribution in [0.1, 0.15) is 5.56 Å². The van der Waals surface area contributed by atoms with Crippen LogP contribution in [0.3, 0.4) is 0 Å². The van der Waals surface area contributed by atoms with Crippen molar-refractivity contribution in [2.75, 3.05) is 6.79 Å². The van der Waals surface area contributed by atoms with Gasteiger partial charge in [-0.05, 0) is 45.4 Å². The number of carbonyl (C=O) groups is 1. The van der Waals surface area contributed by atoms with E-state index in [-0.39, 0.29) is 13.3 Å². The lowest BCUT2D eigenvalue weighted by molar-refractivity contribution is -0.122. The lowest BCUT2D eigenvalue weighted by Gasteiger charge is -2.02. The van der Waals surface area contributed by atoms with E-state index in [2.05, 4.69) is 41.9 Å². The summed E-state index contributed by atoms with van der Waals surface area (Å²) < 4.78 is 11.4. The van der Waals surface area contributed by atoms with Gasteiger partial charge in [0.15, 0.2) is 11.5 Å². The van der Waals surface area contributed by atoms with E-state index in [1.807, 2.05) is 6.07 Å². The zero-order chi connectivity index (χ0) is 19.5. The minimum atomic E-state index is -0.406. The first-order valence-corrected chi connectivity index (χ1v) is 9.21. The summed E-state index contributed by atoms with van der Waals surface area (Å²) in [5.41, 5.74) is 3.78. The average molecular weight is 464 g/mol. The molecule has 0 atom stereocenters.